The summed E-state index contributed by atoms with van der Waals surface area (Å²) in [5, 5.41) is 56.8. The average Bonchev–Trinajstić information content (AvgIpc) is 2.86. The molecule has 10 heteroatoms. The Morgan fingerprint density at radius 2 is 1.67 bits per heavy atom. The van der Waals surface area contributed by atoms with Crippen molar-refractivity contribution in [1.29, 1.82) is 0 Å². The quantitative estimate of drug-likeness (QED) is 0.304. The van der Waals surface area contributed by atoms with Gasteiger partial charge in [-0.25, -0.2) is 0 Å². The molecule has 0 heterocycles. The van der Waals surface area contributed by atoms with Crippen molar-refractivity contribution in [3.63, 3.8) is 0 Å². The van der Waals surface area contributed by atoms with Gasteiger partial charge in [0.05, 0.1) is 23.3 Å². The van der Waals surface area contributed by atoms with Crippen molar-refractivity contribution in [2.24, 2.45) is 23.5 Å². The maximum absolute atomic E-state index is 14.1. The number of aromatic hydroxyl groups is 1. The molecule has 39 heavy (non-hydrogen) atoms. The summed E-state index contributed by atoms with van der Waals surface area (Å²) in [5.41, 5.74) is 4.26. The number of hydrogen-bond acceptors (Lipinski definition) is 9. The van der Waals surface area contributed by atoms with Crippen LogP contribution in [0.2, 0.25) is 0 Å². The van der Waals surface area contributed by atoms with E-state index >= 15 is 0 Å². The van der Waals surface area contributed by atoms with E-state index < -0.39 is 70.4 Å². The molecule has 2 aromatic rings. The fraction of sp³-hybridized carbons (Fsp3) is 0.345. The molecule has 0 aliphatic heterocycles. The number of amides is 1. The number of fused-ring (bicyclic) bond motifs is 3. The molecule has 3 aliphatic rings. The van der Waals surface area contributed by atoms with Crippen molar-refractivity contribution in [3.05, 3.63) is 70.3 Å². The first kappa shape index (κ1) is 26.8. The minimum absolute atomic E-state index is 0.0939. The Hall–Kier alpha value is -3.83. The van der Waals surface area contributed by atoms with Crippen molar-refractivity contribution in [2.75, 3.05) is 14.1 Å². The van der Waals surface area contributed by atoms with Crippen LogP contribution in [0.25, 0.3) is 17.4 Å². The van der Waals surface area contributed by atoms with Crippen LogP contribution >= 0.6 is 0 Å². The zero-order valence-electron chi connectivity index (χ0n) is 21.6. The van der Waals surface area contributed by atoms with Crippen LogP contribution in [0.1, 0.15) is 22.3 Å². The lowest BCUT2D eigenvalue weighted by atomic mass is 9.52. The van der Waals surface area contributed by atoms with E-state index in [2.05, 4.69) is 0 Å². The fourth-order valence-corrected chi connectivity index (χ4v) is 6.51. The summed E-state index contributed by atoms with van der Waals surface area (Å²) in [7, 11) is 3.03. The Balaban J connectivity index is 1.82. The van der Waals surface area contributed by atoms with Gasteiger partial charge in [0, 0.05) is 17.9 Å². The van der Waals surface area contributed by atoms with Crippen molar-refractivity contribution in [1.82, 2.24) is 4.90 Å². The van der Waals surface area contributed by atoms with Crippen LogP contribution in [-0.4, -0.2) is 85.9 Å². The average molecular weight is 535 g/mol. The fourth-order valence-electron chi connectivity index (χ4n) is 6.51. The maximum atomic E-state index is 14.1. The summed E-state index contributed by atoms with van der Waals surface area (Å²) in [4.78, 5) is 41.3. The number of aliphatic hydroxyl groups excluding tert-OH is 3. The third kappa shape index (κ3) is 3.67. The van der Waals surface area contributed by atoms with Gasteiger partial charge in [-0.05, 0) is 43.8 Å². The van der Waals surface area contributed by atoms with Gasteiger partial charge < -0.3 is 36.2 Å². The second-order valence-electron chi connectivity index (χ2n) is 10.8. The molecule has 0 radical (unpaired) electrons. The first-order valence-corrected chi connectivity index (χ1v) is 12.5. The molecule has 0 bridgehead atoms. The summed E-state index contributed by atoms with van der Waals surface area (Å²) >= 11 is 0. The van der Waals surface area contributed by atoms with Crippen LogP contribution in [0.4, 0.5) is 0 Å². The first-order chi connectivity index (χ1) is 18.3. The number of phenolic OH excluding ortho intramolecular Hbond substituents is 1. The molecule has 2 aromatic carbocycles. The minimum Gasteiger partial charge on any atom is -0.507 e. The number of rotatable bonds is 3. The highest BCUT2D eigenvalue weighted by Crippen LogP contribution is 2.55. The van der Waals surface area contributed by atoms with Gasteiger partial charge >= 0.3 is 0 Å². The molecule has 0 spiro atoms. The molecule has 2 saturated carbocycles. The molecule has 10 nitrogen and oxygen atoms in total. The number of aliphatic hydroxyl groups is 4. The van der Waals surface area contributed by atoms with E-state index in [9.17, 15) is 39.9 Å². The Kier molecular flexibility index (Phi) is 6.27. The topological polar surface area (TPSA) is 182 Å². The van der Waals surface area contributed by atoms with Gasteiger partial charge in [0.25, 0.3) is 0 Å². The molecule has 7 N–H and O–H groups in total. The van der Waals surface area contributed by atoms with E-state index in [0.29, 0.717) is 16.7 Å². The van der Waals surface area contributed by atoms with Crippen LogP contribution in [0.3, 0.4) is 0 Å². The van der Waals surface area contributed by atoms with Crippen LogP contribution in [0.5, 0.6) is 5.75 Å². The number of benzene rings is 2. The zero-order chi connectivity index (χ0) is 28.5. The second kappa shape index (κ2) is 9.13. The lowest BCUT2D eigenvalue weighted by Gasteiger charge is -2.55. The molecular weight excluding hydrogens is 504 g/mol. The van der Waals surface area contributed by atoms with E-state index in [4.69, 9.17) is 5.73 Å². The molecule has 2 fully saturated rings. The highest BCUT2D eigenvalue weighted by atomic mass is 16.3. The highest BCUT2D eigenvalue weighted by molar-refractivity contribution is 6.26. The van der Waals surface area contributed by atoms with E-state index in [1.54, 1.807) is 18.2 Å². The van der Waals surface area contributed by atoms with Gasteiger partial charge in [0.1, 0.15) is 17.4 Å². The molecular formula is C29H30N2O8. The lowest BCUT2D eigenvalue weighted by Crippen LogP contribution is -2.76. The number of likely N-dealkylation sites (N-methyl/N-ethyl adjacent to an activating group) is 1. The van der Waals surface area contributed by atoms with Gasteiger partial charge in [0.2, 0.25) is 11.7 Å². The number of aryl methyl sites for hydroxylation is 1. The van der Waals surface area contributed by atoms with Crippen molar-refractivity contribution in [3.8, 4) is 5.75 Å². The number of nitrogens with two attached hydrogens (primary N) is 1. The second-order valence-corrected chi connectivity index (χ2v) is 10.8. The van der Waals surface area contributed by atoms with Crippen LogP contribution in [0.15, 0.2) is 48.0 Å². The molecule has 204 valence electrons. The molecule has 3 aliphatic carbocycles. The van der Waals surface area contributed by atoms with Crippen LogP contribution in [-0.2, 0) is 14.4 Å². The first-order valence-electron chi connectivity index (χ1n) is 12.5. The smallest absolute Gasteiger partial charge is 0.230 e. The van der Waals surface area contributed by atoms with Crippen molar-refractivity contribution < 1.29 is 39.9 Å². The number of phenols is 1. The third-order valence-corrected chi connectivity index (χ3v) is 8.29. The summed E-state index contributed by atoms with van der Waals surface area (Å²) in [5.74, 6) is -9.61. The number of ketones is 2. The van der Waals surface area contributed by atoms with Gasteiger partial charge in [-0.3, -0.25) is 14.4 Å². The highest BCUT2D eigenvalue weighted by Gasteiger charge is 2.70. The number of hydrogen-bond donors (Lipinski definition) is 6. The minimum atomic E-state index is -2.98. The Labute approximate surface area is 224 Å². The SMILES string of the molecule is Cc1ccc(/C=C2\c3cccc(O)c3C(O)=C3C(=O)[C@]4(O)C(=O)C(C(N)=O)C(O)[C@@H](N(C)C)[C@@H]4[C@@H](O)[C@@H]32)cc1. The Morgan fingerprint density at radius 3 is 2.26 bits per heavy atom. The predicted octanol–water partition coefficient (Wildman–Crippen LogP) is 0.406. The molecule has 5 rings (SSSR count). The van der Waals surface area contributed by atoms with Crippen LogP contribution in [0, 0.1) is 24.7 Å². The molecule has 1 amide bonds. The van der Waals surface area contributed by atoms with E-state index in [-0.39, 0.29) is 11.3 Å². The summed E-state index contributed by atoms with van der Waals surface area (Å²) in [6, 6.07) is 10.6. The number of Topliss-reactive ketones (excluding diaryl/α,β-unsaturated/α-hetero) is 2. The number of primary amides is 1. The third-order valence-electron chi connectivity index (χ3n) is 8.29. The zero-order valence-corrected chi connectivity index (χ0v) is 21.6. The van der Waals surface area contributed by atoms with Gasteiger partial charge in [0.15, 0.2) is 11.4 Å². The Bertz CT molecular complexity index is 1460. The van der Waals surface area contributed by atoms with Crippen molar-refractivity contribution >= 4 is 34.9 Å². The largest absolute Gasteiger partial charge is 0.507 e. The maximum Gasteiger partial charge on any atom is 0.230 e. The van der Waals surface area contributed by atoms with E-state index in [1.165, 1.54) is 25.1 Å². The molecule has 0 aromatic heterocycles. The van der Waals surface area contributed by atoms with Gasteiger partial charge in [-0.1, -0.05) is 48.0 Å². The van der Waals surface area contributed by atoms with Crippen LogP contribution < -0.4 is 5.73 Å². The van der Waals surface area contributed by atoms with E-state index in [1.807, 2.05) is 31.2 Å². The summed E-state index contributed by atoms with van der Waals surface area (Å²) in [6.07, 6.45) is -1.70. The summed E-state index contributed by atoms with van der Waals surface area (Å²) < 4.78 is 0. The predicted molar refractivity (Wildman–Crippen MR) is 141 cm³/mol. The monoisotopic (exact) mass is 534 g/mol. The normalized spacial score (nSPS) is 33.2. The van der Waals surface area contributed by atoms with Gasteiger partial charge in [-0.2, -0.15) is 0 Å². The lowest BCUT2D eigenvalue weighted by molar-refractivity contribution is -0.196. The summed E-state index contributed by atoms with van der Waals surface area (Å²) in [6.45, 7) is 1.92. The van der Waals surface area contributed by atoms with E-state index in [0.717, 1.165) is 5.56 Å². The molecule has 2 unspecified atom stereocenters. The standard InChI is InChI=1S/C29H30N2O8/c1-12-7-9-13(10-8-12)11-15-14-5-4-6-16(32)17(14)23(33)19-18(15)24(34)21-22(31(2)3)25(35)20(28(30)38)27(37)29(21,39)26(19)36/h4-11,18,20-22,24-25,32-35,39H,1-3H3,(H2,30,38)/b15-11+/t18-,20?,21-,22+,24+,25?,29+/m1/s1. The van der Waals surface area contributed by atoms with Gasteiger partial charge in [-0.15, -0.1) is 0 Å². The number of nitrogens with zero attached hydrogens (tertiary/aromatic N) is 1. The number of carbonyl (C=O) groups excluding carboxylic acids is 3. The molecule has 0 saturated heterocycles. The number of carbonyl (C=O) groups is 3. The van der Waals surface area contributed by atoms with Crippen molar-refractivity contribution in [2.45, 2.75) is 30.8 Å². The Morgan fingerprint density at radius 1 is 1.03 bits per heavy atom. The molecule has 7 atom stereocenters.